The maximum atomic E-state index is 11.7. The first-order chi connectivity index (χ1) is 10.5. The van der Waals surface area contributed by atoms with Gasteiger partial charge in [0.1, 0.15) is 11.5 Å². The molecule has 122 valence electrons. The van der Waals surface area contributed by atoms with Gasteiger partial charge in [0.2, 0.25) is 5.91 Å². The molecule has 0 saturated heterocycles. The molecular formula is C16H23NO5. The number of ether oxygens (including phenoxy) is 2. The highest BCUT2D eigenvalue weighted by atomic mass is 16.5. The smallest absolute Gasteiger partial charge is 0.303 e. The molecule has 0 atom stereocenters. The van der Waals surface area contributed by atoms with Crippen LogP contribution in [0.25, 0.3) is 0 Å². The van der Waals surface area contributed by atoms with E-state index in [0.717, 1.165) is 5.56 Å². The number of aliphatic carboxylic acids is 1. The van der Waals surface area contributed by atoms with Gasteiger partial charge >= 0.3 is 5.97 Å². The Balaban J connectivity index is 2.33. The number of amides is 1. The second-order valence-electron chi connectivity index (χ2n) is 4.92. The largest absolute Gasteiger partial charge is 0.497 e. The highest BCUT2D eigenvalue weighted by Crippen LogP contribution is 2.23. The number of nitrogens with one attached hydrogen (secondary N) is 1. The van der Waals surface area contributed by atoms with Crippen molar-refractivity contribution in [3.8, 4) is 11.5 Å². The quantitative estimate of drug-likeness (QED) is 0.646. The molecule has 0 aliphatic rings. The summed E-state index contributed by atoms with van der Waals surface area (Å²) in [5.41, 5.74) is 0.970. The number of methoxy groups -OCH3 is 2. The fourth-order valence-corrected chi connectivity index (χ4v) is 1.99. The molecule has 0 aliphatic heterocycles. The second kappa shape index (κ2) is 9.65. The SMILES string of the molecule is COc1cc(CCC(=O)NCCCCC(=O)O)cc(OC)c1. The first kappa shape index (κ1) is 17.8. The zero-order valence-electron chi connectivity index (χ0n) is 13.1. The molecule has 6 heteroatoms. The van der Waals surface area contributed by atoms with Crippen LogP contribution in [0.4, 0.5) is 0 Å². The molecule has 22 heavy (non-hydrogen) atoms. The van der Waals surface area contributed by atoms with E-state index < -0.39 is 5.97 Å². The lowest BCUT2D eigenvalue weighted by Crippen LogP contribution is -2.24. The van der Waals surface area contributed by atoms with Crippen LogP contribution >= 0.6 is 0 Å². The topological polar surface area (TPSA) is 84.9 Å². The molecule has 0 fully saturated rings. The summed E-state index contributed by atoms with van der Waals surface area (Å²) in [5.74, 6) is 0.544. The van der Waals surface area contributed by atoms with Crippen molar-refractivity contribution in [2.75, 3.05) is 20.8 Å². The molecule has 1 aromatic rings. The van der Waals surface area contributed by atoms with E-state index in [9.17, 15) is 9.59 Å². The Morgan fingerprint density at radius 1 is 1.05 bits per heavy atom. The fraction of sp³-hybridized carbons (Fsp3) is 0.500. The van der Waals surface area contributed by atoms with Crippen LogP contribution in [0.1, 0.15) is 31.2 Å². The summed E-state index contributed by atoms with van der Waals surface area (Å²) in [5, 5.41) is 11.3. The summed E-state index contributed by atoms with van der Waals surface area (Å²) in [6.45, 7) is 0.507. The van der Waals surface area contributed by atoms with Gasteiger partial charge in [-0.25, -0.2) is 0 Å². The average molecular weight is 309 g/mol. The lowest BCUT2D eigenvalue weighted by molar-refractivity contribution is -0.137. The summed E-state index contributed by atoms with van der Waals surface area (Å²) in [6.07, 6.45) is 2.34. The van der Waals surface area contributed by atoms with Gasteiger partial charge in [-0.1, -0.05) is 0 Å². The van der Waals surface area contributed by atoms with E-state index in [-0.39, 0.29) is 12.3 Å². The lowest BCUT2D eigenvalue weighted by Gasteiger charge is -2.09. The van der Waals surface area contributed by atoms with Crippen LogP contribution in [-0.2, 0) is 16.0 Å². The maximum absolute atomic E-state index is 11.7. The molecule has 1 aromatic carbocycles. The summed E-state index contributed by atoms with van der Waals surface area (Å²) in [7, 11) is 3.17. The van der Waals surface area contributed by atoms with Crippen molar-refractivity contribution in [3.63, 3.8) is 0 Å². The van der Waals surface area contributed by atoms with Crippen molar-refractivity contribution >= 4 is 11.9 Å². The monoisotopic (exact) mass is 309 g/mol. The molecule has 0 radical (unpaired) electrons. The predicted molar refractivity (Wildman–Crippen MR) is 82.4 cm³/mol. The number of aryl methyl sites for hydroxylation is 1. The molecular weight excluding hydrogens is 286 g/mol. The van der Waals surface area contributed by atoms with Crippen LogP contribution in [0.5, 0.6) is 11.5 Å². The van der Waals surface area contributed by atoms with Crippen LogP contribution < -0.4 is 14.8 Å². The Hall–Kier alpha value is -2.24. The summed E-state index contributed by atoms with van der Waals surface area (Å²) in [6, 6.07) is 5.54. The number of unbranched alkanes of at least 4 members (excludes halogenated alkanes) is 1. The summed E-state index contributed by atoms with van der Waals surface area (Å²) < 4.78 is 10.4. The zero-order valence-corrected chi connectivity index (χ0v) is 13.1. The molecule has 1 amide bonds. The van der Waals surface area contributed by atoms with Crippen LogP contribution in [0, 0.1) is 0 Å². The lowest BCUT2D eigenvalue weighted by atomic mass is 10.1. The number of rotatable bonds is 10. The standard InChI is InChI=1S/C16H23NO5/c1-21-13-9-12(10-14(11-13)22-2)6-7-15(18)17-8-4-3-5-16(19)20/h9-11H,3-8H2,1-2H3,(H,17,18)(H,19,20). The molecule has 0 unspecified atom stereocenters. The number of carboxylic acids is 1. The van der Waals surface area contributed by atoms with Gasteiger partial charge in [0.05, 0.1) is 14.2 Å². The molecule has 0 saturated carbocycles. The van der Waals surface area contributed by atoms with Crippen molar-refractivity contribution in [1.82, 2.24) is 5.32 Å². The minimum absolute atomic E-state index is 0.0443. The van der Waals surface area contributed by atoms with Gasteiger partial charge in [0.15, 0.2) is 0 Å². The van der Waals surface area contributed by atoms with Crippen molar-refractivity contribution < 1.29 is 24.2 Å². The molecule has 2 N–H and O–H groups in total. The van der Waals surface area contributed by atoms with Gasteiger partial charge in [-0.05, 0) is 37.0 Å². The minimum atomic E-state index is -0.807. The van der Waals surface area contributed by atoms with Gasteiger partial charge in [0, 0.05) is 25.5 Å². The molecule has 0 bridgehead atoms. The van der Waals surface area contributed by atoms with Gasteiger partial charge in [-0.2, -0.15) is 0 Å². The van der Waals surface area contributed by atoms with E-state index >= 15 is 0 Å². The van der Waals surface area contributed by atoms with E-state index in [1.54, 1.807) is 20.3 Å². The van der Waals surface area contributed by atoms with E-state index in [2.05, 4.69) is 5.32 Å². The van der Waals surface area contributed by atoms with Crippen molar-refractivity contribution in [2.45, 2.75) is 32.1 Å². The molecule has 6 nitrogen and oxygen atoms in total. The summed E-state index contributed by atoms with van der Waals surface area (Å²) >= 11 is 0. The molecule has 0 aliphatic carbocycles. The van der Waals surface area contributed by atoms with Gasteiger partial charge in [0.25, 0.3) is 0 Å². The highest BCUT2D eigenvalue weighted by molar-refractivity contribution is 5.76. The zero-order chi connectivity index (χ0) is 16.4. The predicted octanol–water partition coefficient (Wildman–Crippen LogP) is 2.01. The number of hydrogen-bond acceptors (Lipinski definition) is 4. The van der Waals surface area contributed by atoms with Crippen LogP contribution in [-0.4, -0.2) is 37.7 Å². The average Bonchev–Trinajstić information content (AvgIpc) is 2.51. The Morgan fingerprint density at radius 3 is 2.23 bits per heavy atom. The highest BCUT2D eigenvalue weighted by Gasteiger charge is 2.06. The Labute approximate surface area is 130 Å². The number of carboxylic acid groups (broad SMARTS) is 1. The third-order valence-electron chi connectivity index (χ3n) is 3.19. The van der Waals surface area contributed by atoms with Gasteiger partial charge in [-0.3, -0.25) is 9.59 Å². The number of benzene rings is 1. The van der Waals surface area contributed by atoms with Crippen molar-refractivity contribution in [2.24, 2.45) is 0 Å². The Morgan fingerprint density at radius 2 is 1.68 bits per heavy atom. The van der Waals surface area contributed by atoms with Gasteiger partial charge < -0.3 is 19.9 Å². The number of carbonyl (C=O) groups is 2. The number of hydrogen-bond donors (Lipinski definition) is 2. The van der Waals surface area contributed by atoms with E-state index in [4.69, 9.17) is 14.6 Å². The molecule has 0 aromatic heterocycles. The Bertz CT molecular complexity index is 479. The third kappa shape index (κ3) is 6.97. The number of carbonyl (C=O) groups excluding carboxylic acids is 1. The first-order valence-corrected chi connectivity index (χ1v) is 7.25. The maximum Gasteiger partial charge on any atom is 0.303 e. The van der Waals surface area contributed by atoms with Gasteiger partial charge in [-0.15, -0.1) is 0 Å². The van der Waals surface area contributed by atoms with E-state index in [0.29, 0.717) is 43.7 Å². The van der Waals surface area contributed by atoms with Crippen LogP contribution in [0.15, 0.2) is 18.2 Å². The first-order valence-electron chi connectivity index (χ1n) is 7.25. The van der Waals surface area contributed by atoms with Crippen molar-refractivity contribution in [3.05, 3.63) is 23.8 Å². The van der Waals surface area contributed by atoms with E-state index in [1.807, 2.05) is 12.1 Å². The molecule has 0 heterocycles. The fourth-order valence-electron chi connectivity index (χ4n) is 1.99. The molecule has 1 rings (SSSR count). The van der Waals surface area contributed by atoms with Crippen LogP contribution in [0.3, 0.4) is 0 Å². The Kier molecular flexibility index (Phi) is 7.81. The minimum Gasteiger partial charge on any atom is -0.497 e. The van der Waals surface area contributed by atoms with Crippen molar-refractivity contribution in [1.29, 1.82) is 0 Å². The third-order valence-corrected chi connectivity index (χ3v) is 3.19. The molecule has 0 spiro atoms. The normalized spacial score (nSPS) is 10.1. The van der Waals surface area contributed by atoms with Crippen LogP contribution in [0.2, 0.25) is 0 Å². The second-order valence-corrected chi connectivity index (χ2v) is 4.92. The van der Waals surface area contributed by atoms with E-state index in [1.165, 1.54) is 0 Å². The summed E-state index contributed by atoms with van der Waals surface area (Å²) in [4.78, 5) is 22.1.